The Kier molecular flexibility index (Phi) is 5.67. The molecular weight excluding hydrogens is 414 g/mol. The number of carbonyl (C=O) groups is 1. The molecule has 0 fully saturated rings. The molecule has 0 atom stereocenters. The Morgan fingerprint density at radius 2 is 1.72 bits per heavy atom. The van der Waals surface area contributed by atoms with E-state index in [1.807, 2.05) is 36.1 Å². The maximum atomic E-state index is 12.6. The predicted molar refractivity (Wildman–Crippen MR) is 119 cm³/mol. The van der Waals surface area contributed by atoms with Gasteiger partial charge in [0.25, 0.3) is 0 Å². The van der Waals surface area contributed by atoms with Gasteiger partial charge in [0.15, 0.2) is 11.5 Å². The molecule has 0 saturated carbocycles. The molecule has 1 N–H and O–H groups in total. The summed E-state index contributed by atoms with van der Waals surface area (Å²) in [6.07, 6.45) is 0. The molecule has 1 amide bonds. The van der Waals surface area contributed by atoms with Gasteiger partial charge in [0.05, 0.1) is 14.2 Å². The van der Waals surface area contributed by atoms with Crippen LogP contribution in [-0.2, 0) is 17.9 Å². The minimum atomic E-state index is -0.845. The lowest BCUT2D eigenvalue weighted by Crippen LogP contribution is -2.44. The average molecular weight is 437 g/mol. The van der Waals surface area contributed by atoms with Crippen LogP contribution in [-0.4, -0.2) is 41.0 Å². The van der Waals surface area contributed by atoms with E-state index in [0.29, 0.717) is 36.2 Å². The quantitative estimate of drug-likeness (QED) is 0.583. The van der Waals surface area contributed by atoms with Gasteiger partial charge in [-0.2, -0.15) is 0 Å². The fourth-order valence-corrected chi connectivity index (χ4v) is 3.55. The molecule has 2 heterocycles. The lowest BCUT2D eigenvalue weighted by Gasteiger charge is -2.18. The fraction of sp³-hybridized carbons (Fsp3) is 0.273. The van der Waals surface area contributed by atoms with E-state index in [4.69, 9.17) is 9.47 Å². The van der Waals surface area contributed by atoms with Crippen molar-refractivity contribution in [2.45, 2.75) is 20.0 Å². The third kappa shape index (κ3) is 3.94. The number of nitrogens with zero attached hydrogens (tertiary/aromatic N) is 4. The zero-order valence-corrected chi connectivity index (χ0v) is 18.0. The van der Waals surface area contributed by atoms with Crippen LogP contribution in [0.15, 0.2) is 52.1 Å². The van der Waals surface area contributed by atoms with Crippen molar-refractivity contribution in [1.82, 2.24) is 14.3 Å². The van der Waals surface area contributed by atoms with E-state index >= 15 is 0 Å². The SMILES string of the molecule is COc1ccc(NC(=O)Cn2nc3n(c(=O)c2=O)CCN3c2ccc(C)cc2)cc1OC. The highest BCUT2D eigenvalue weighted by molar-refractivity contribution is 5.90. The second-order valence-electron chi connectivity index (χ2n) is 7.32. The number of rotatable bonds is 6. The number of fused-ring (bicyclic) bond motifs is 1. The number of benzene rings is 2. The number of ether oxygens (including phenoxy) is 2. The standard InChI is InChI=1S/C22H23N5O5/c1-14-4-7-16(8-5-14)25-10-11-26-20(29)21(30)27(24-22(25)26)13-19(28)23-15-6-9-17(31-2)18(12-15)32-3/h4-9,12H,10-11,13H2,1-3H3,(H,23,28). The van der Waals surface area contributed by atoms with Gasteiger partial charge < -0.3 is 19.7 Å². The molecule has 3 aromatic rings. The molecule has 0 spiro atoms. The number of amides is 1. The van der Waals surface area contributed by atoms with Gasteiger partial charge in [0, 0.05) is 30.5 Å². The maximum Gasteiger partial charge on any atom is 0.333 e. The number of methoxy groups -OCH3 is 2. The summed E-state index contributed by atoms with van der Waals surface area (Å²) >= 11 is 0. The number of aryl methyl sites for hydroxylation is 1. The summed E-state index contributed by atoms with van der Waals surface area (Å²) < 4.78 is 12.6. The summed E-state index contributed by atoms with van der Waals surface area (Å²) in [6.45, 7) is 2.44. The van der Waals surface area contributed by atoms with Crippen LogP contribution >= 0.6 is 0 Å². The molecule has 0 bridgehead atoms. The van der Waals surface area contributed by atoms with Crippen LogP contribution in [0.1, 0.15) is 5.56 Å². The molecule has 0 radical (unpaired) electrons. The lowest BCUT2D eigenvalue weighted by molar-refractivity contribution is -0.117. The van der Waals surface area contributed by atoms with Crippen molar-refractivity contribution in [2.24, 2.45) is 0 Å². The zero-order chi connectivity index (χ0) is 22.8. The number of nitrogens with one attached hydrogen (secondary N) is 1. The smallest absolute Gasteiger partial charge is 0.333 e. The number of aromatic nitrogens is 3. The van der Waals surface area contributed by atoms with Crippen LogP contribution in [0, 0.1) is 6.92 Å². The third-order valence-electron chi connectivity index (χ3n) is 5.21. The predicted octanol–water partition coefficient (Wildman–Crippen LogP) is 1.52. The fourth-order valence-electron chi connectivity index (χ4n) is 3.55. The molecule has 0 saturated heterocycles. The second kappa shape index (κ2) is 8.58. The summed E-state index contributed by atoms with van der Waals surface area (Å²) in [5.74, 6) is 0.796. The zero-order valence-electron chi connectivity index (χ0n) is 18.0. The summed E-state index contributed by atoms with van der Waals surface area (Å²) in [6, 6.07) is 12.7. The van der Waals surface area contributed by atoms with Crippen molar-refractivity contribution in [3.63, 3.8) is 0 Å². The molecule has 0 unspecified atom stereocenters. The Balaban J connectivity index is 1.60. The number of hydrogen-bond acceptors (Lipinski definition) is 7. The van der Waals surface area contributed by atoms with Crippen molar-refractivity contribution >= 4 is 23.2 Å². The molecule has 4 rings (SSSR count). The van der Waals surface area contributed by atoms with Gasteiger partial charge in [0.1, 0.15) is 6.54 Å². The van der Waals surface area contributed by atoms with Gasteiger partial charge in [-0.15, -0.1) is 5.10 Å². The lowest BCUT2D eigenvalue weighted by atomic mass is 10.2. The number of hydrogen-bond donors (Lipinski definition) is 1. The first kappa shape index (κ1) is 21.2. The Labute approximate surface area is 183 Å². The highest BCUT2D eigenvalue weighted by Gasteiger charge is 2.26. The van der Waals surface area contributed by atoms with E-state index in [2.05, 4.69) is 10.4 Å². The van der Waals surface area contributed by atoms with Crippen LogP contribution in [0.3, 0.4) is 0 Å². The van der Waals surface area contributed by atoms with Crippen LogP contribution < -0.4 is 30.8 Å². The van der Waals surface area contributed by atoms with E-state index in [1.54, 1.807) is 18.2 Å². The first-order chi connectivity index (χ1) is 15.4. The van der Waals surface area contributed by atoms with Crippen LogP contribution in [0.5, 0.6) is 11.5 Å². The molecule has 1 aromatic heterocycles. The average Bonchev–Trinajstić information content (AvgIpc) is 3.21. The summed E-state index contributed by atoms with van der Waals surface area (Å²) in [5.41, 5.74) is 0.870. The van der Waals surface area contributed by atoms with Gasteiger partial charge in [0.2, 0.25) is 11.9 Å². The van der Waals surface area contributed by atoms with Crippen molar-refractivity contribution < 1.29 is 14.3 Å². The monoisotopic (exact) mass is 437 g/mol. The number of carbonyl (C=O) groups excluding carboxylic acids is 1. The molecule has 32 heavy (non-hydrogen) atoms. The number of anilines is 3. The molecule has 1 aliphatic heterocycles. The van der Waals surface area contributed by atoms with Gasteiger partial charge in [-0.3, -0.25) is 19.0 Å². The second-order valence-corrected chi connectivity index (χ2v) is 7.32. The molecular formula is C22H23N5O5. The normalized spacial score (nSPS) is 12.4. The van der Waals surface area contributed by atoms with E-state index in [0.717, 1.165) is 15.9 Å². The van der Waals surface area contributed by atoms with Crippen LogP contribution in [0.2, 0.25) is 0 Å². The topological polar surface area (TPSA) is 108 Å². The molecule has 10 nitrogen and oxygen atoms in total. The van der Waals surface area contributed by atoms with Gasteiger partial charge >= 0.3 is 11.1 Å². The van der Waals surface area contributed by atoms with Crippen LogP contribution in [0.4, 0.5) is 17.3 Å². The highest BCUT2D eigenvalue weighted by atomic mass is 16.5. The Bertz CT molecular complexity index is 1280. The molecule has 0 aliphatic carbocycles. The first-order valence-corrected chi connectivity index (χ1v) is 9.99. The van der Waals surface area contributed by atoms with E-state index in [-0.39, 0.29) is 0 Å². The Morgan fingerprint density at radius 3 is 2.41 bits per heavy atom. The van der Waals surface area contributed by atoms with Gasteiger partial charge in [-0.25, -0.2) is 4.68 Å². The van der Waals surface area contributed by atoms with Crippen LogP contribution in [0.25, 0.3) is 0 Å². The molecule has 10 heteroatoms. The molecule has 2 aromatic carbocycles. The van der Waals surface area contributed by atoms with Gasteiger partial charge in [-0.1, -0.05) is 17.7 Å². The highest BCUT2D eigenvalue weighted by Crippen LogP contribution is 2.30. The summed E-state index contributed by atoms with van der Waals surface area (Å²) in [7, 11) is 3.01. The Hall–Kier alpha value is -4.08. The van der Waals surface area contributed by atoms with Crippen molar-refractivity contribution in [1.29, 1.82) is 0 Å². The van der Waals surface area contributed by atoms with E-state index < -0.39 is 23.6 Å². The van der Waals surface area contributed by atoms with Crippen molar-refractivity contribution in [3.05, 3.63) is 68.7 Å². The largest absolute Gasteiger partial charge is 0.493 e. The van der Waals surface area contributed by atoms with E-state index in [9.17, 15) is 14.4 Å². The van der Waals surface area contributed by atoms with Gasteiger partial charge in [-0.05, 0) is 31.2 Å². The van der Waals surface area contributed by atoms with Crippen molar-refractivity contribution in [2.75, 3.05) is 31.0 Å². The van der Waals surface area contributed by atoms with Crippen molar-refractivity contribution in [3.8, 4) is 11.5 Å². The van der Waals surface area contributed by atoms with E-state index in [1.165, 1.54) is 18.8 Å². The summed E-state index contributed by atoms with van der Waals surface area (Å²) in [4.78, 5) is 39.6. The molecule has 1 aliphatic rings. The Morgan fingerprint density at radius 1 is 1.00 bits per heavy atom. The minimum absolute atomic E-state index is 0.331. The molecule has 166 valence electrons. The third-order valence-corrected chi connectivity index (χ3v) is 5.21. The summed E-state index contributed by atoms with van der Waals surface area (Å²) in [5, 5.41) is 7.01. The minimum Gasteiger partial charge on any atom is -0.493 e. The first-order valence-electron chi connectivity index (χ1n) is 9.99. The maximum absolute atomic E-state index is 12.6.